The maximum atomic E-state index is 12.3. The van der Waals surface area contributed by atoms with Crippen LogP contribution in [-0.2, 0) is 9.59 Å². The predicted octanol–water partition coefficient (Wildman–Crippen LogP) is 1.32. The smallest absolute Gasteiger partial charge is 0.232 e. The van der Waals surface area contributed by atoms with Gasteiger partial charge >= 0.3 is 0 Å². The number of carbonyl (C=O) groups is 2. The Morgan fingerprint density at radius 2 is 1.64 bits per heavy atom. The first kappa shape index (κ1) is 17.6. The summed E-state index contributed by atoms with van der Waals surface area (Å²) < 4.78 is 0. The van der Waals surface area contributed by atoms with Crippen molar-refractivity contribution in [3.63, 3.8) is 0 Å². The van der Waals surface area contributed by atoms with E-state index in [1.54, 1.807) is 0 Å². The summed E-state index contributed by atoms with van der Waals surface area (Å²) in [6.45, 7) is 5.40. The quantitative estimate of drug-likeness (QED) is 0.827. The minimum atomic E-state index is 0.143. The third-order valence-corrected chi connectivity index (χ3v) is 5.62. The molecule has 6 heteroatoms. The Kier molecular flexibility index (Phi) is 7.02. The number of carbonyl (C=O) groups excluding carboxylic acids is 2. The van der Waals surface area contributed by atoms with Crippen LogP contribution >= 0.6 is 11.8 Å². The van der Waals surface area contributed by atoms with Crippen molar-refractivity contribution in [2.24, 2.45) is 11.7 Å². The Labute approximate surface area is 138 Å². The molecular formula is C16H29N3O2S. The Balaban J connectivity index is 1.67. The number of amides is 2. The number of thioether (sulfide) groups is 1. The zero-order valence-corrected chi connectivity index (χ0v) is 14.4. The van der Waals surface area contributed by atoms with Crippen LogP contribution in [0.1, 0.15) is 39.0 Å². The maximum absolute atomic E-state index is 12.3. The van der Waals surface area contributed by atoms with Crippen molar-refractivity contribution in [2.75, 3.05) is 37.7 Å². The number of likely N-dealkylation sites (tertiary alicyclic amines) is 2. The molecule has 22 heavy (non-hydrogen) atoms. The van der Waals surface area contributed by atoms with Gasteiger partial charge in [-0.15, -0.1) is 11.8 Å². The van der Waals surface area contributed by atoms with E-state index in [1.165, 1.54) is 18.2 Å². The fourth-order valence-corrected chi connectivity index (χ4v) is 4.03. The van der Waals surface area contributed by atoms with Gasteiger partial charge in [-0.1, -0.05) is 0 Å². The lowest BCUT2D eigenvalue weighted by atomic mass is 9.92. The minimum Gasteiger partial charge on any atom is -0.342 e. The van der Waals surface area contributed by atoms with Gasteiger partial charge in [-0.05, 0) is 44.9 Å². The first-order chi connectivity index (χ1) is 10.6. The van der Waals surface area contributed by atoms with E-state index in [1.807, 2.05) is 16.7 Å². The molecule has 2 fully saturated rings. The molecule has 0 aromatic heterocycles. The molecule has 2 amide bonds. The minimum absolute atomic E-state index is 0.143. The molecule has 0 aromatic carbocycles. The molecule has 126 valence electrons. The summed E-state index contributed by atoms with van der Waals surface area (Å²) in [7, 11) is 0. The molecule has 2 unspecified atom stereocenters. The van der Waals surface area contributed by atoms with Crippen molar-refractivity contribution in [1.82, 2.24) is 9.80 Å². The number of nitrogens with zero attached hydrogens (tertiary/aromatic N) is 2. The monoisotopic (exact) mass is 327 g/mol. The van der Waals surface area contributed by atoms with Crippen LogP contribution in [0.2, 0.25) is 0 Å². The van der Waals surface area contributed by atoms with Crippen LogP contribution in [0.25, 0.3) is 0 Å². The Morgan fingerprint density at radius 3 is 2.27 bits per heavy atom. The summed E-state index contributed by atoms with van der Waals surface area (Å²) >= 11 is 1.45. The van der Waals surface area contributed by atoms with Gasteiger partial charge in [-0.25, -0.2) is 0 Å². The van der Waals surface area contributed by atoms with Gasteiger partial charge < -0.3 is 15.5 Å². The average molecular weight is 327 g/mol. The lowest BCUT2D eigenvalue weighted by Crippen LogP contribution is -2.45. The number of hydrogen-bond acceptors (Lipinski definition) is 4. The van der Waals surface area contributed by atoms with Crippen molar-refractivity contribution in [3.05, 3.63) is 0 Å². The van der Waals surface area contributed by atoms with E-state index >= 15 is 0 Å². The molecule has 2 heterocycles. The summed E-state index contributed by atoms with van der Waals surface area (Å²) in [5.74, 6) is 1.59. The van der Waals surface area contributed by atoms with Gasteiger partial charge in [0.1, 0.15) is 0 Å². The van der Waals surface area contributed by atoms with Gasteiger partial charge in [0.25, 0.3) is 0 Å². The predicted molar refractivity (Wildman–Crippen MR) is 90.7 cm³/mol. The van der Waals surface area contributed by atoms with E-state index in [9.17, 15) is 9.59 Å². The van der Waals surface area contributed by atoms with Gasteiger partial charge in [0.15, 0.2) is 0 Å². The van der Waals surface area contributed by atoms with E-state index in [4.69, 9.17) is 5.73 Å². The molecule has 2 atom stereocenters. The maximum Gasteiger partial charge on any atom is 0.232 e. The third kappa shape index (κ3) is 5.16. The molecule has 2 saturated heterocycles. The summed E-state index contributed by atoms with van der Waals surface area (Å²) in [6.07, 6.45) is 5.60. The molecule has 0 spiro atoms. The second-order valence-electron chi connectivity index (χ2n) is 6.54. The highest BCUT2D eigenvalue weighted by atomic mass is 32.2. The van der Waals surface area contributed by atoms with E-state index in [2.05, 4.69) is 0 Å². The van der Waals surface area contributed by atoms with E-state index < -0.39 is 0 Å². The van der Waals surface area contributed by atoms with Gasteiger partial charge in [0.2, 0.25) is 11.8 Å². The summed E-state index contributed by atoms with van der Waals surface area (Å²) in [6, 6.07) is 0.143. The molecule has 0 aliphatic carbocycles. The fraction of sp³-hybridized carbons (Fsp3) is 0.875. The van der Waals surface area contributed by atoms with Crippen LogP contribution in [0.15, 0.2) is 0 Å². The van der Waals surface area contributed by atoms with E-state index in [-0.39, 0.29) is 17.9 Å². The largest absolute Gasteiger partial charge is 0.342 e. The Bertz CT molecular complexity index is 384. The molecule has 0 radical (unpaired) electrons. The molecule has 0 saturated carbocycles. The number of nitrogens with two attached hydrogens (primary N) is 1. The third-order valence-electron chi connectivity index (χ3n) is 4.71. The lowest BCUT2D eigenvalue weighted by Gasteiger charge is -2.34. The van der Waals surface area contributed by atoms with E-state index in [0.717, 1.165) is 51.9 Å². The van der Waals surface area contributed by atoms with Crippen molar-refractivity contribution < 1.29 is 9.59 Å². The topological polar surface area (TPSA) is 66.6 Å². The lowest BCUT2D eigenvalue weighted by molar-refractivity contribution is -0.130. The van der Waals surface area contributed by atoms with Crippen molar-refractivity contribution in [2.45, 2.75) is 45.1 Å². The van der Waals surface area contributed by atoms with Gasteiger partial charge in [0, 0.05) is 32.2 Å². The average Bonchev–Trinajstić information content (AvgIpc) is 2.55. The number of rotatable bonds is 5. The molecule has 0 bridgehead atoms. The zero-order chi connectivity index (χ0) is 15.9. The van der Waals surface area contributed by atoms with Gasteiger partial charge in [-0.2, -0.15) is 0 Å². The zero-order valence-electron chi connectivity index (χ0n) is 13.6. The van der Waals surface area contributed by atoms with Crippen molar-refractivity contribution >= 4 is 23.6 Å². The number of hydrogen-bond donors (Lipinski definition) is 1. The van der Waals surface area contributed by atoms with Crippen LogP contribution in [0.3, 0.4) is 0 Å². The molecule has 0 aromatic rings. The van der Waals surface area contributed by atoms with Crippen molar-refractivity contribution in [1.29, 1.82) is 0 Å². The van der Waals surface area contributed by atoms with Crippen LogP contribution in [0.5, 0.6) is 0 Å². The standard InChI is InChI=1S/C16H29N3O2S/c1-13(17)14-6-5-9-19(10-14)16(21)12-22-11-15(20)18-7-3-2-4-8-18/h13-14H,2-12,17H2,1H3. The second kappa shape index (κ2) is 8.77. The summed E-state index contributed by atoms with van der Waals surface area (Å²) in [5, 5.41) is 0. The molecular weight excluding hydrogens is 298 g/mol. The van der Waals surface area contributed by atoms with Crippen molar-refractivity contribution in [3.8, 4) is 0 Å². The second-order valence-corrected chi connectivity index (χ2v) is 7.52. The Morgan fingerprint density at radius 1 is 1.05 bits per heavy atom. The van der Waals surface area contributed by atoms with E-state index in [0.29, 0.717) is 17.4 Å². The number of piperidine rings is 2. The summed E-state index contributed by atoms with van der Waals surface area (Å²) in [5.41, 5.74) is 5.96. The van der Waals surface area contributed by atoms with Crippen LogP contribution in [0.4, 0.5) is 0 Å². The normalized spacial score (nSPS) is 24.2. The van der Waals surface area contributed by atoms with Crippen LogP contribution in [-0.4, -0.2) is 65.3 Å². The fourth-order valence-electron chi connectivity index (χ4n) is 3.22. The first-order valence-corrected chi connectivity index (χ1v) is 9.62. The molecule has 2 aliphatic rings. The molecule has 2 N–H and O–H groups in total. The van der Waals surface area contributed by atoms with Crippen LogP contribution in [0, 0.1) is 5.92 Å². The SMILES string of the molecule is CC(N)C1CCCN(C(=O)CSCC(=O)N2CCCCC2)C1. The first-order valence-electron chi connectivity index (χ1n) is 8.47. The highest BCUT2D eigenvalue weighted by Gasteiger charge is 2.26. The Hall–Kier alpha value is -0.750. The highest BCUT2D eigenvalue weighted by Crippen LogP contribution is 2.20. The molecule has 2 aliphatic heterocycles. The molecule has 2 rings (SSSR count). The summed E-state index contributed by atoms with van der Waals surface area (Å²) in [4.78, 5) is 28.2. The van der Waals surface area contributed by atoms with Gasteiger partial charge in [0.05, 0.1) is 11.5 Å². The van der Waals surface area contributed by atoms with Gasteiger partial charge in [-0.3, -0.25) is 9.59 Å². The molecule has 5 nitrogen and oxygen atoms in total. The van der Waals surface area contributed by atoms with Crippen LogP contribution < -0.4 is 5.73 Å². The highest BCUT2D eigenvalue weighted by molar-refractivity contribution is 8.00.